The highest BCUT2D eigenvalue weighted by Gasteiger charge is 2.32. The Bertz CT molecular complexity index is 1000. The molecule has 0 bridgehead atoms. The lowest BCUT2D eigenvalue weighted by Crippen LogP contribution is -2.44. The van der Waals surface area contributed by atoms with Gasteiger partial charge in [0.1, 0.15) is 0 Å². The maximum atomic E-state index is 13.8. The van der Waals surface area contributed by atoms with Gasteiger partial charge in [-0.1, -0.05) is 23.7 Å². The van der Waals surface area contributed by atoms with Gasteiger partial charge in [0.15, 0.2) is 11.6 Å². The van der Waals surface area contributed by atoms with E-state index in [9.17, 15) is 13.6 Å². The summed E-state index contributed by atoms with van der Waals surface area (Å²) in [5, 5.41) is 3.34. The van der Waals surface area contributed by atoms with Crippen molar-refractivity contribution in [3.05, 3.63) is 88.7 Å². The number of urea groups is 1. The van der Waals surface area contributed by atoms with Crippen molar-refractivity contribution in [1.82, 2.24) is 9.47 Å². The number of benzene rings is 2. The largest absolute Gasteiger partial charge is 0.348 e. The Morgan fingerprint density at radius 3 is 2.67 bits per heavy atom. The number of carbonyl (C=O) groups excluding carboxylic acids is 1. The molecule has 0 spiro atoms. The van der Waals surface area contributed by atoms with Gasteiger partial charge in [-0.15, -0.1) is 0 Å². The average Bonchev–Trinajstić information content (AvgIpc) is 3.12. The van der Waals surface area contributed by atoms with Crippen LogP contribution in [-0.2, 0) is 6.54 Å². The van der Waals surface area contributed by atoms with Crippen LogP contribution in [-0.4, -0.2) is 22.0 Å². The summed E-state index contributed by atoms with van der Waals surface area (Å²) in [5.74, 6) is -1.86. The first-order valence-corrected chi connectivity index (χ1v) is 8.84. The Morgan fingerprint density at radius 1 is 1.04 bits per heavy atom. The lowest BCUT2D eigenvalue weighted by molar-refractivity contribution is 0.181. The van der Waals surface area contributed by atoms with E-state index in [2.05, 4.69) is 5.32 Å². The van der Waals surface area contributed by atoms with Crippen molar-refractivity contribution in [3.63, 3.8) is 0 Å². The number of carbonyl (C=O) groups is 1. The highest BCUT2D eigenvalue weighted by atomic mass is 35.5. The van der Waals surface area contributed by atoms with Gasteiger partial charge < -0.3 is 14.8 Å². The van der Waals surface area contributed by atoms with E-state index in [1.54, 1.807) is 29.2 Å². The van der Waals surface area contributed by atoms with Gasteiger partial charge in [0.05, 0.1) is 6.04 Å². The second-order valence-corrected chi connectivity index (χ2v) is 6.77. The fourth-order valence-corrected chi connectivity index (χ4v) is 3.59. The van der Waals surface area contributed by atoms with Gasteiger partial charge in [0.2, 0.25) is 0 Å². The predicted molar refractivity (Wildman–Crippen MR) is 99.8 cm³/mol. The normalized spacial score (nSPS) is 16.1. The van der Waals surface area contributed by atoms with E-state index < -0.39 is 17.7 Å². The van der Waals surface area contributed by atoms with Crippen LogP contribution < -0.4 is 5.32 Å². The number of halogens is 3. The summed E-state index contributed by atoms with van der Waals surface area (Å²) >= 11 is 5.98. The Balaban J connectivity index is 1.70. The second-order valence-electron chi connectivity index (χ2n) is 6.34. The van der Waals surface area contributed by atoms with Crippen molar-refractivity contribution >= 4 is 23.3 Å². The fraction of sp³-hybridized carbons (Fsp3) is 0.150. The average molecular weight is 388 g/mol. The van der Waals surface area contributed by atoms with Crippen molar-refractivity contribution in [2.75, 3.05) is 11.9 Å². The van der Waals surface area contributed by atoms with Gasteiger partial charge in [-0.2, -0.15) is 0 Å². The predicted octanol–water partition coefficient (Wildman–Crippen LogP) is 5.06. The molecule has 1 aliphatic heterocycles. The number of aromatic nitrogens is 1. The molecule has 0 unspecified atom stereocenters. The van der Waals surface area contributed by atoms with Crippen LogP contribution in [0, 0.1) is 11.6 Å². The summed E-state index contributed by atoms with van der Waals surface area (Å²) in [6, 6.07) is 13.5. The zero-order chi connectivity index (χ0) is 19.0. The number of fused-ring (bicyclic) bond motifs is 1. The van der Waals surface area contributed by atoms with Crippen molar-refractivity contribution < 1.29 is 13.6 Å². The van der Waals surface area contributed by atoms with Gasteiger partial charge in [0.25, 0.3) is 0 Å². The molecule has 4 nitrogen and oxygen atoms in total. The third kappa shape index (κ3) is 3.40. The van der Waals surface area contributed by atoms with E-state index in [-0.39, 0.29) is 6.03 Å². The number of rotatable bonds is 2. The van der Waals surface area contributed by atoms with Gasteiger partial charge in [-0.3, -0.25) is 0 Å². The number of amides is 2. The van der Waals surface area contributed by atoms with Crippen LogP contribution >= 0.6 is 11.6 Å². The Hall–Kier alpha value is -2.86. The van der Waals surface area contributed by atoms with E-state index in [0.29, 0.717) is 29.4 Å². The van der Waals surface area contributed by atoms with Crippen molar-refractivity contribution in [2.24, 2.45) is 0 Å². The number of anilines is 1. The zero-order valence-electron chi connectivity index (χ0n) is 14.2. The molecule has 0 radical (unpaired) electrons. The molecule has 3 aromatic rings. The molecule has 2 aromatic carbocycles. The topological polar surface area (TPSA) is 37.3 Å². The molecular formula is C20H16ClF2N3O. The maximum Gasteiger partial charge on any atom is 0.322 e. The SMILES string of the molecule is O=C(Nc1cccc(Cl)c1)N1CCn2cccc2[C@H]1c1ccc(F)c(F)c1. The summed E-state index contributed by atoms with van der Waals surface area (Å²) < 4.78 is 29.2. The van der Waals surface area contributed by atoms with E-state index in [0.717, 1.165) is 17.8 Å². The Morgan fingerprint density at radius 2 is 1.89 bits per heavy atom. The molecule has 0 fully saturated rings. The molecule has 1 N–H and O–H groups in total. The van der Waals surface area contributed by atoms with Crippen molar-refractivity contribution in [1.29, 1.82) is 0 Å². The molecule has 2 heterocycles. The molecular weight excluding hydrogens is 372 g/mol. The summed E-state index contributed by atoms with van der Waals surface area (Å²) in [4.78, 5) is 14.6. The molecule has 4 rings (SSSR count). The summed E-state index contributed by atoms with van der Waals surface area (Å²) in [5.41, 5.74) is 1.92. The second kappa shape index (κ2) is 7.04. The van der Waals surface area contributed by atoms with E-state index in [1.807, 2.05) is 22.9 Å². The van der Waals surface area contributed by atoms with Crippen molar-refractivity contribution in [3.8, 4) is 0 Å². The fourth-order valence-electron chi connectivity index (χ4n) is 3.40. The standard InChI is InChI=1S/C20H16ClF2N3O/c21-14-3-1-4-15(12-14)24-20(27)26-10-9-25-8-2-5-18(25)19(26)13-6-7-16(22)17(23)11-13/h1-8,11-12,19H,9-10H2,(H,24,27)/t19-/m1/s1. The van der Waals surface area contributed by atoms with Crippen LogP contribution in [0.4, 0.5) is 19.3 Å². The monoisotopic (exact) mass is 387 g/mol. The summed E-state index contributed by atoms with van der Waals surface area (Å²) in [6.07, 6.45) is 1.91. The van der Waals surface area contributed by atoms with Gasteiger partial charge in [-0.05, 0) is 48.0 Å². The number of hydrogen-bond donors (Lipinski definition) is 1. The third-order valence-electron chi connectivity index (χ3n) is 4.63. The highest BCUT2D eigenvalue weighted by molar-refractivity contribution is 6.30. The lowest BCUT2D eigenvalue weighted by atomic mass is 10.00. The summed E-state index contributed by atoms with van der Waals surface area (Å²) in [6.45, 7) is 1.04. The number of nitrogens with zero attached hydrogens (tertiary/aromatic N) is 2. The minimum atomic E-state index is -0.939. The van der Waals surface area contributed by atoms with Crippen LogP contribution in [0.2, 0.25) is 5.02 Å². The number of hydrogen-bond acceptors (Lipinski definition) is 1. The minimum absolute atomic E-state index is 0.334. The van der Waals surface area contributed by atoms with E-state index in [4.69, 9.17) is 11.6 Å². The van der Waals surface area contributed by atoms with Crippen LogP contribution in [0.1, 0.15) is 17.3 Å². The van der Waals surface area contributed by atoms with Crippen LogP contribution in [0.3, 0.4) is 0 Å². The van der Waals surface area contributed by atoms with Crippen molar-refractivity contribution in [2.45, 2.75) is 12.6 Å². The molecule has 7 heteroatoms. The molecule has 138 valence electrons. The van der Waals surface area contributed by atoms with E-state index in [1.165, 1.54) is 6.07 Å². The van der Waals surface area contributed by atoms with Crippen LogP contribution in [0.5, 0.6) is 0 Å². The lowest BCUT2D eigenvalue weighted by Gasteiger charge is -2.37. The molecule has 0 saturated carbocycles. The molecule has 27 heavy (non-hydrogen) atoms. The first-order chi connectivity index (χ1) is 13.0. The van der Waals surface area contributed by atoms with Crippen LogP contribution in [0.15, 0.2) is 60.8 Å². The first-order valence-electron chi connectivity index (χ1n) is 8.46. The summed E-state index contributed by atoms with van der Waals surface area (Å²) in [7, 11) is 0. The minimum Gasteiger partial charge on any atom is -0.348 e. The third-order valence-corrected chi connectivity index (χ3v) is 4.87. The smallest absolute Gasteiger partial charge is 0.322 e. The molecule has 1 aliphatic rings. The Kier molecular flexibility index (Phi) is 4.58. The molecule has 1 atom stereocenters. The zero-order valence-corrected chi connectivity index (χ0v) is 15.0. The first kappa shape index (κ1) is 17.5. The van der Waals surface area contributed by atoms with Gasteiger partial charge in [0, 0.05) is 35.7 Å². The van der Waals surface area contributed by atoms with Gasteiger partial charge >= 0.3 is 6.03 Å². The molecule has 0 saturated heterocycles. The highest BCUT2D eigenvalue weighted by Crippen LogP contribution is 2.33. The Labute approximate surface area is 160 Å². The molecule has 2 amide bonds. The molecule has 1 aromatic heterocycles. The number of nitrogens with one attached hydrogen (secondary N) is 1. The van der Waals surface area contributed by atoms with Crippen LogP contribution in [0.25, 0.3) is 0 Å². The van der Waals surface area contributed by atoms with E-state index >= 15 is 0 Å². The van der Waals surface area contributed by atoms with Gasteiger partial charge in [-0.25, -0.2) is 13.6 Å². The molecule has 0 aliphatic carbocycles. The quantitative estimate of drug-likeness (QED) is 0.656. The maximum absolute atomic E-state index is 13.8.